The third kappa shape index (κ3) is 3.01. The number of β-amino-alcohol motifs (C(OH)–C–C–N with tert-alkyl or cyclic N) is 1. The summed E-state index contributed by atoms with van der Waals surface area (Å²) in [7, 11) is 0. The number of fused-ring (bicyclic) bond motifs is 1. The normalized spacial score (nSPS) is 23.6. The Balaban J connectivity index is 1.76. The van der Waals surface area contributed by atoms with Gasteiger partial charge >= 0.3 is 0 Å². The first-order valence-electron chi connectivity index (χ1n) is 9.28. The average molecular weight is 385 g/mol. The minimum Gasteiger partial charge on any atom is -0.389 e. The Kier molecular flexibility index (Phi) is 4.52. The maximum absolute atomic E-state index is 14.4. The molecule has 1 saturated heterocycles. The molecule has 1 aliphatic heterocycles. The van der Waals surface area contributed by atoms with Crippen molar-refractivity contribution in [2.45, 2.75) is 50.3 Å². The van der Waals surface area contributed by atoms with Crippen LogP contribution < -0.4 is 10.6 Å². The van der Waals surface area contributed by atoms with Crippen LogP contribution in [0.2, 0.25) is 0 Å². The molecule has 0 unspecified atom stereocenters. The lowest BCUT2D eigenvalue weighted by molar-refractivity contribution is -0.00603. The molecule has 4 rings (SSSR count). The van der Waals surface area contributed by atoms with Crippen LogP contribution in [0.4, 0.5) is 14.7 Å². The van der Waals surface area contributed by atoms with Crippen molar-refractivity contribution in [3.63, 3.8) is 0 Å². The zero-order chi connectivity index (χ0) is 20.1. The van der Waals surface area contributed by atoms with E-state index in [4.69, 9.17) is 11.0 Å². The van der Waals surface area contributed by atoms with Gasteiger partial charge in [-0.2, -0.15) is 14.0 Å². The lowest BCUT2D eigenvalue weighted by Gasteiger charge is -2.43. The zero-order valence-corrected chi connectivity index (χ0v) is 15.4. The van der Waals surface area contributed by atoms with Crippen LogP contribution in [-0.2, 0) is 12.3 Å². The predicted molar refractivity (Wildman–Crippen MR) is 99.7 cm³/mol. The Morgan fingerprint density at radius 1 is 1.36 bits per heavy atom. The smallest absolute Gasteiger partial charge is 0.290 e. The van der Waals surface area contributed by atoms with E-state index in [1.807, 2.05) is 13.0 Å². The molecule has 0 amide bonds. The standard InChI is InChI=1S/C20H21F2N5O/c1-11-16(28)10-27(11)19-25-17(14-6-8-20(21,22)18(14)26-19)13-4-2-12(3-5-13)15(24)7-9-23/h2-5,11,15-16,28H,6-8,10,24H2,1H3/t11-,15-,16+/m0/s1. The van der Waals surface area contributed by atoms with Gasteiger partial charge in [0, 0.05) is 30.1 Å². The molecule has 0 bridgehead atoms. The van der Waals surface area contributed by atoms with Crippen molar-refractivity contribution in [3.05, 3.63) is 41.1 Å². The summed E-state index contributed by atoms with van der Waals surface area (Å²) in [6.45, 7) is 2.14. The number of halogens is 2. The average Bonchev–Trinajstić information content (AvgIpc) is 3.00. The first kappa shape index (κ1) is 18.7. The lowest BCUT2D eigenvalue weighted by atomic mass is 9.99. The number of nitrogens with zero attached hydrogens (tertiary/aromatic N) is 4. The molecular weight excluding hydrogens is 364 g/mol. The van der Waals surface area contributed by atoms with E-state index in [0.29, 0.717) is 23.4 Å². The maximum atomic E-state index is 14.4. The Bertz CT molecular complexity index is 941. The SMILES string of the molecule is C[C@H]1[C@H](O)CN1c1nc(-c2ccc([C@@H](N)CC#N)cc2)c2c(n1)C(F)(F)CC2. The number of aliphatic hydroxyl groups excluding tert-OH is 1. The molecule has 8 heteroatoms. The van der Waals surface area contributed by atoms with Crippen molar-refractivity contribution >= 4 is 5.95 Å². The predicted octanol–water partition coefficient (Wildman–Crippen LogP) is 2.66. The van der Waals surface area contributed by atoms with Gasteiger partial charge < -0.3 is 15.7 Å². The Labute approximate surface area is 161 Å². The number of aliphatic hydroxyl groups is 1. The molecule has 3 atom stereocenters. The van der Waals surface area contributed by atoms with Gasteiger partial charge in [-0.15, -0.1) is 0 Å². The Morgan fingerprint density at radius 3 is 2.68 bits per heavy atom. The number of rotatable bonds is 4. The number of aromatic nitrogens is 2. The maximum Gasteiger partial charge on any atom is 0.290 e. The number of nitriles is 1. The molecule has 0 saturated carbocycles. The molecular formula is C20H21F2N5O. The summed E-state index contributed by atoms with van der Waals surface area (Å²) in [5, 5.41) is 18.6. The molecule has 2 heterocycles. The van der Waals surface area contributed by atoms with E-state index in [2.05, 4.69) is 9.97 Å². The second kappa shape index (κ2) is 6.76. The van der Waals surface area contributed by atoms with Gasteiger partial charge in [0.1, 0.15) is 5.69 Å². The minimum absolute atomic E-state index is 0.202. The highest BCUT2D eigenvalue weighted by atomic mass is 19.3. The quantitative estimate of drug-likeness (QED) is 0.840. The number of alkyl halides is 2. The molecule has 1 aromatic heterocycles. The summed E-state index contributed by atoms with van der Waals surface area (Å²) >= 11 is 0. The fourth-order valence-corrected chi connectivity index (χ4v) is 3.74. The largest absolute Gasteiger partial charge is 0.389 e. The van der Waals surface area contributed by atoms with Crippen LogP contribution in [0.3, 0.4) is 0 Å². The van der Waals surface area contributed by atoms with Crippen LogP contribution in [-0.4, -0.2) is 33.8 Å². The first-order valence-corrected chi connectivity index (χ1v) is 9.28. The Hall–Kier alpha value is -2.63. The number of anilines is 1. The second-order valence-corrected chi connectivity index (χ2v) is 7.45. The van der Waals surface area contributed by atoms with Gasteiger partial charge in [-0.25, -0.2) is 9.97 Å². The van der Waals surface area contributed by atoms with Gasteiger partial charge in [0.2, 0.25) is 5.95 Å². The van der Waals surface area contributed by atoms with Crippen LogP contribution in [0, 0.1) is 11.3 Å². The summed E-state index contributed by atoms with van der Waals surface area (Å²) in [4.78, 5) is 10.5. The Morgan fingerprint density at radius 2 is 2.07 bits per heavy atom. The van der Waals surface area contributed by atoms with E-state index in [9.17, 15) is 13.9 Å². The monoisotopic (exact) mass is 385 g/mol. The third-order valence-corrected chi connectivity index (χ3v) is 5.64. The molecule has 3 N–H and O–H groups in total. The van der Waals surface area contributed by atoms with Gasteiger partial charge in [0.05, 0.1) is 30.3 Å². The van der Waals surface area contributed by atoms with Crippen molar-refractivity contribution in [3.8, 4) is 17.3 Å². The molecule has 1 aliphatic carbocycles. The number of benzene rings is 1. The molecule has 0 spiro atoms. The van der Waals surface area contributed by atoms with E-state index >= 15 is 0 Å². The fraction of sp³-hybridized carbons (Fsp3) is 0.450. The van der Waals surface area contributed by atoms with Crippen LogP contribution in [0.15, 0.2) is 24.3 Å². The highest BCUT2D eigenvalue weighted by Crippen LogP contribution is 2.44. The van der Waals surface area contributed by atoms with Gasteiger partial charge in [-0.1, -0.05) is 24.3 Å². The third-order valence-electron chi connectivity index (χ3n) is 5.64. The van der Waals surface area contributed by atoms with Gasteiger partial charge in [0.15, 0.2) is 0 Å². The highest BCUT2D eigenvalue weighted by molar-refractivity contribution is 5.67. The van der Waals surface area contributed by atoms with Gasteiger partial charge in [-0.3, -0.25) is 0 Å². The first-order chi connectivity index (χ1) is 13.3. The summed E-state index contributed by atoms with van der Waals surface area (Å²) in [6, 6.07) is 8.63. The van der Waals surface area contributed by atoms with Crippen molar-refractivity contribution in [1.29, 1.82) is 5.26 Å². The van der Waals surface area contributed by atoms with Crippen LogP contribution in [0.25, 0.3) is 11.3 Å². The fourth-order valence-electron chi connectivity index (χ4n) is 3.74. The van der Waals surface area contributed by atoms with E-state index in [-0.39, 0.29) is 36.9 Å². The summed E-state index contributed by atoms with van der Waals surface area (Å²) in [5.74, 6) is -2.76. The molecule has 6 nitrogen and oxygen atoms in total. The number of hydrogen-bond acceptors (Lipinski definition) is 6. The van der Waals surface area contributed by atoms with E-state index in [1.54, 1.807) is 29.2 Å². The minimum atomic E-state index is -2.98. The van der Waals surface area contributed by atoms with Crippen molar-refractivity contribution < 1.29 is 13.9 Å². The van der Waals surface area contributed by atoms with Crippen molar-refractivity contribution in [2.75, 3.05) is 11.4 Å². The van der Waals surface area contributed by atoms with Crippen LogP contribution in [0.1, 0.15) is 42.6 Å². The zero-order valence-electron chi connectivity index (χ0n) is 15.4. The van der Waals surface area contributed by atoms with Crippen molar-refractivity contribution in [2.24, 2.45) is 5.73 Å². The van der Waals surface area contributed by atoms with Crippen LogP contribution >= 0.6 is 0 Å². The number of hydrogen-bond donors (Lipinski definition) is 2. The molecule has 2 aliphatic rings. The lowest BCUT2D eigenvalue weighted by Crippen LogP contribution is -2.59. The van der Waals surface area contributed by atoms with Gasteiger partial charge in [-0.05, 0) is 18.9 Å². The molecule has 1 aromatic carbocycles. The second-order valence-electron chi connectivity index (χ2n) is 7.45. The molecule has 146 valence electrons. The van der Waals surface area contributed by atoms with Gasteiger partial charge in [0.25, 0.3) is 5.92 Å². The van der Waals surface area contributed by atoms with E-state index < -0.39 is 18.1 Å². The molecule has 2 aromatic rings. The number of nitrogens with two attached hydrogens (primary N) is 1. The summed E-state index contributed by atoms with van der Waals surface area (Å²) < 4.78 is 28.8. The molecule has 1 fully saturated rings. The molecule has 0 radical (unpaired) electrons. The summed E-state index contributed by atoms with van der Waals surface area (Å²) in [6.07, 6.45) is -0.377. The topological polar surface area (TPSA) is 99.1 Å². The van der Waals surface area contributed by atoms with E-state index in [0.717, 1.165) is 5.56 Å². The van der Waals surface area contributed by atoms with E-state index in [1.165, 1.54) is 0 Å². The highest BCUT2D eigenvalue weighted by Gasteiger charge is 2.45. The summed E-state index contributed by atoms with van der Waals surface area (Å²) in [5.41, 5.74) is 8.22. The molecule has 28 heavy (non-hydrogen) atoms. The van der Waals surface area contributed by atoms with Crippen LogP contribution in [0.5, 0.6) is 0 Å². The van der Waals surface area contributed by atoms with Crippen molar-refractivity contribution in [1.82, 2.24) is 9.97 Å².